The normalized spacial score (nSPS) is 14.7. The zero-order valence-electron chi connectivity index (χ0n) is 20.8. The molecule has 1 aliphatic rings. The zero-order valence-corrected chi connectivity index (χ0v) is 20.8. The van der Waals surface area contributed by atoms with Crippen molar-refractivity contribution >= 4 is 39.4 Å². The minimum Gasteiger partial charge on any atom is -0.383 e. The zero-order chi connectivity index (χ0) is 25.5. The lowest BCUT2D eigenvalue weighted by Gasteiger charge is -2.26. The number of nitrogens with zero attached hydrogens (tertiary/aromatic N) is 5. The van der Waals surface area contributed by atoms with E-state index in [4.69, 9.17) is 20.6 Å². The number of morpholine rings is 1. The molecule has 4 heterocycles. The summed E-state index contributed by atoms with van der Waals surface area (Å²) >= 11 is 0. The number of nitrogens with one attached hydrogen (secondary N) is 2. The second-order valence-electron chi connectivity index (χ2n) is 9.63. The van der Waals surface area contributed by atoms with E-state index in [1.54, 1.807) is 12.1 Å². The van der Waals surface area contributed by atoms with E-state index < -0.39 is 0 Å². The van der Waals surface area contributed by atoms with Crippen LogP contribution in [0.5, 0.6) is 0 Å². The summed E-state index contributed by atoms with van der Waals surface area (Å²) in [6.07, 6.45) is 1.91. The Bertz CT molecular complexity index is 1580. The topological polar surface area (TPSA) is 110 Å². The van der Waals surface area contributed by atoms with Crippen molar-refractivity contribution in [3.05, 3.63) is 60.0 Å². The van der Waals surface area contributed by atoms with E-state index in [-0.39, 0.29) is 23.6 Å². The highest BCUT2D eigenvalue weighted by Crippen LogP contribution is 2.34. The standard InChI is InChI=1S/C27H29FN8O/c1-16(2)36-26-23(24(34-36)19-4-6-21-18(14-19)7-8-30-21)25(29)32-27(33-26)31-22-5-3-17(13-20(22)28)15-35-9-11-37-12-10-35/h3-8,13-14,16,30H,9-12,15H2,1-2H3,(H3,29,31,32,33). The molecule has 37 heavy (non-hydrogen) atoms. The molecule has 0 unspecified atom stereocenters. The van der Waals surface area contributed by atoms with Crippen LogP contribution in [0.2, 0.25) is 0 Å². The molecule has 9 nitrogen and oxygen atoms in total. The van der Waals surface area contributed by atoms with Gasteiger partial charge in [0.2, 0.25) is 5.95 Å². The van der Waals surface area contributed by atoms with Gasteiger partial charge in [-0.05, 0) is 49.7 Å². The monoisotopic (exact) mass is 500 g/mol. The Morgan fingerprint density at radius 2 is 1.95 bits per heavy atom. The van der Waals surface area contributed by atoms with Gasteiger partial charge in [0.1, 0.15) is 17.3 Å². The third kappa shape index (κ3) is 4.49. The summed E-state index contributed by atoms with van der Waals surface area (Å²) in [6, 6.07) is 13.3. The van der Waals surface area contributed by atoms with E-state index in [1.807, 2.05) is 49.0 Å². The number of rotatable bonds is 6. The third-order valence-electron chi connectivity index (χ3n) is 6.69. The maximum Gasteiger partial charge on any atom is 0.231 e. The fourth-order valence-corrected chi connectivity index (χ4v) is 4.78. The largest absolute Gasteiger partial charge is 0.383 e. The number of nitrogen functional groups attached to an aromatic ring is 1. The molecule has 0 spiro atoms. The van der Waals surface area contributed by atoms with Crippen LogP contribution in [0.15, 0.2) is 48.7 Å². The lowest BCUT2D eigenvalue weighted by molar-refractivity contribution is 0.0341. The molecular weight excluding hydrogens is 471 g/mol. The average molecular weight is 501 g/mol. The van der Waals surface area contributed by atoms with Gasteiger partial charge in [0.25, 0.3) is 0 Å². The predicted octanol–water partition coefficient (Wildman–Crippen LogP) is 4.85. The second kappa shape index (κ2) is 9.45. The van der Waals surface area contributed by atoms with Crippen molar-refractivity contribution in [1.82, 2.24) is 29.6 Å². The van der Waals surface area contributed by atoms with Crippen LogP contribution in [0.25, 0.3) is 33.2 Å². The van der Waals surface area contributed by atoms with Crippen molar-refractivity contribution in [2.45, 2.75) is 26.4 Å². The minimum absolute atomic E-state index is 0.0330. The lowest BCUT2D eigenvalue weighted by Crippen LogP contribution is -2.35. The highest BCUT2D eigenvalue weighted by atomic mass is 19.1. The van der Waals surface area contributed by atoms with Crippen molar-refractivity contribution in [1.29, 1.82) is 0 Å². The molecule has 0 aliphatic carbocycles. The van der Waals surface area contributed by atoms with Crippen LogP contribution in [-0.2, 0) is 11.3 Å². The molecule has 0 atom stereocenters. The number of nitrogens with two attached hydrogens (primary N) is 1. The molecule has 0 saturated carbocycles. The van der Waals surface area contributed by atoms with Gasteiger partial charge in [0.15, 0.2) is 5.65 Å². The number of anilines is 3. The Morgan fingerprint density at radius 1 is 1.11 bits per heavy atom. The SMILES string of the molecule is CC(C)n1nc(-c2ccc3[nH]ccc3c2)c2c(N)nc(Nc3ccc(CN4CCOCC4)cc3F)nc21. The first kappa shape index (κ1) is 23.4. The van der Waals surface area contributed by atoms with Crippen LogP contribution >= 0.6 is 0 Å². The summed E-state index contributed by atoms with van der Waals surface area (Å²) in [7, 11) is 0. The minimum atomic E-state index is -0.370. The van der Waals surface area contributed by atoms with E-state index in [0.717, 1.165) is 40.8 Å². The van der Waals surface area contributed by atoms with Crippen LogP contribution in [0.1, 0.15) is 25.5 Å². The highest BCUT2D eigenvalue weighted by Gasteiger charge is 2.21. The number of benzene rings is 2. The molecule has 6 rings (SSSR count). The van der Waals surface area contributed by atoms with Gasteiger partial charge < -0.3 is 20.8 Å². The van der Waals surface area contributed by atoms with E-state index in [1.165, 1.54) is 0 Å². The number of H-pyrrole nitrogens is 1. The molecular formula is C27H29FN8O. The smallest absolute Gasteiger partial charge is 0.231 e. The van der Waals surface area contributed by atoms with Crippen molar-refractivity contribution in [2.75, 3.05) is 37.4 Å². The van der Waals surface area contributed by atoms with Crippen LogP contribution in [0.3, 0.4) is 0 Å². The molecule has 190 valence electrons. The van der Waals surface area contributed by atoms with Crippen molar-refractivity contribution < 1.29 is 9.13 Å². The Hall–Kier alpha value is -4.02. The first-order chi connectivity index (χ1) is 18.0. The Kier molecular flexibility index (Phi) is 5.97. The summed E-state index contributed by atoms with van der Waals surface area (Å²) in [5.74, 6) is 0.137. The highest BCUT2D eigenvalue weighted by molar-refractivity contribution is 6.00. The fourth-order valence-electron chi connectivity index (χ4n) is 4.78. The maximum absolute atomic E-state index is 15.0. The number of hydrogen-bond donors (Lipinski definition) is 3. The molecule has 0 bridgehead atoms. The van der Waals surface area contributed by atoms with Gasteiger partial charge in [-0.1, -0.05) is 12.1 Å². The average Bonchev–Trinajstić information content (AvgIpc) is 3.51. The first-order valence-electron chi connectivity index (χ1n) is 12.4. The van der Waals surface area contributed by atoms with Crippen LogP contribution in [0, 0.1) is 5.82 Å². The van der Waals surface area contributed by atoms with E-state index >= 15 is 4.39 Å². The van der Waals surface area contributed by atoms with Crippen LogP contribution < -0.4 is 11.1 Å². The first-order valence-corrected chi connectivity index (χ1v) is 12.4. The number of aromatic nitrogens is 5. The second-order valence-corrected chi connectivity index (χ2v) is 9.63. The molecule has 1 fully saturated rings. The Labute approximate surface area is 213 Å². The van der Waals surface area contributed by atoms with E-state index in [9.17, 15) is 0 Å². The molecule has 2 aromatic carbocycles. The maximum atomic E-state index is 15.0. The van der Waals surface area contributed by atoms with Gasteiger partial charge in [0.05, 0.1) is 24.3 Å². The Morgan fingerprint density at radius 3 is 2.73 bits per heavy atom. The van der Waals surface area contributed by atoms with Gasteiger partial charge in [-0.2, -0.15) is 15.1 Å². The summed E-state index contributed by atoms with van der Waals surface area (Å²) in [5, 5.41) is 9.62. The van der Waals surface area contributed by atoms with E-state index in [0.29, 0.717) is 36.5 Å². The number of hydrogen-bond acceptors (Lipinski definition) is 7. The molecule has 1 saturated heterocycles. The number of aromatic amines is 1. The number of ether oxygens (including phenoxy) is 1. The summed E-state index contributed by atoms with van der Waals surface area (Å²) in [4.78, 5) is 14.6. The van der Waals surface area contributed by atoms with Crippen molar-refractivity contribution in [3.8, 4) is 11.3 Å². The van der Waals surface area contributed by atoms with Gasteiger partial charge in [-0.25, -0.2) is 9.07 Å². The fraction of sp³-hybridized carbons (Fsp3) is 0.296. The summed E-state index contributed by atoms with van der Waals surface area (Å²) in [5.41, 5.74) is 10.9. The number of fused-ring (bicyclic) bond motifs is 2. The summed E-state index contributed by atoms with van der Waals surface area (Å²) in [6.45, 7) is 7.85. The molecule has 1 aliphatic heterocycles. The number of halogens is 1. The van der Waals surface area contributed by atoms with Crippen molar-refractivity contribution in [3.63, 3.8) is 0 Å². The third-order valence-corrected chi connectivity index (χ3v) is 6.69. The lowest BCUT2D eigenvalue weighted by atomic mass is 10.1. The van der Waals surface area contributed by atoms with Gasteiger partial charge in [-0.3, -0.25) is 4.90 Å². The molecule has 4 N–H and O–H groups in total. The Balaban J connectivity index is 1.33. The molecule has 0 radical (unpaired) electrons. The van der Waals surface area contributed by atoms with Crippen molar-refractivity contribution in [2.24, 2.45) is 0 Å². The van der Waals surface area contributed by atoms with Gasteiger partial charge in [0, 0.05) is 48.3 Å². The van der Waals surface area contributed by atoms with Crippen LogP contribution in [-0.4, -0.2) is 55.9 Å². The predicted molar refractivity (Wildman–Crippen MR) is 143 cm³/mol. The molecule has 0 amide bonds. The quantitative estimate of drug-likeness (QED) is 0.306. The molecule has 3 aromatic heterocycles. The van der Waals surface area contributed by atoms with Crippen LogP contribution in [0.4, 0.5) is 21.8 Å². The van der Waals surface area contributed by atoms with Gasteiger partial charge in [-0.15, -0.1) is 0 Å². The molecule has 5 aromatic rings. The molecule has 10 heteroatoms. The summed E-state index contributed by atoms with van der Waals surface area (Å²) < 4.78 is 22.2. The van der Waals surface area contributed by atoms with E-state index in [2.05, 4.69) is 26.3 Å². The van der Waals surface area contributed by atoms with Gasteiger partial charge >= 0.3 is 0 Å².